The van der Waals surface area contributed by atoms with Gasteiger partial charge in [0.15, 0.2) is 0 Å². The summed E-state index contributed by atoms with van der Waals surface area (Å²) in [7, 11) is 0. The van der Waals surface area contributed by atoms with Crippen LogP contribution >= 0.6 is 0 Å². The molecule has 1 N–H and O–H groups in total. The number of aromatic nitrogens is 2. The summed E-state index contributed by atoms with van der Waals surface area (Å²) in [5.74, 6) is 0.496. The maximum atomic E-state index is 12.7. The van der Waals surface area contributed by atoms with Crippen LogP contribution in [0.4, 0.5) is 5.69 Å². The number of hydrogen-bond acceptors (Lipinski definition) is 4. The molecule has 4 rings (SSSR count). The summed E-state index contributed by atoms with van der Waals surface area (Å²) in [5, 5.41) is 2.96. The third-order valence-corrected chi connectivity index (χ3v) is 4.97. The van der Waals surface area contributed by atoms with Crippen LogP contribution in [0, 0.1) is 0 Å². The quantitative estimate of drug-likeness (QED) is 0.658. The summed E-state index contributed by atoms with van der Waals surface area (Å²) < 4.78 is 13.6. The van der Waals surface area contributed by atoms with E-state index >= 15 is 0 Å². The number of benzene rings is 2. The fourth-order valence-corrected chi connectivity index (χ4v) is 3.36. The lowest BCUT2D eigenvalue weighted by atomic mass is 10.1. The first-order chi connectivity index (χ1) is 14.3. The lowest BCUT2D eigenvalue weighted by Gasteiger charge is -2.23. The molecule has 2 heterocycles. The highest BCUT2D eigenvalue weighted by atomic mass is 16.5. The second kappa shape index (κ2) is 9.39. The standard InChI is InChI=1S/C23H25N3O3/c27-23(19-10-8-18(9-11-19)15-26-13-12-24-17-26)25-21-6-1-2-7-22(21)29-16-20-5-3-4-14-28-20/h1-2,6-13,17,20H,3-5,14-16H2,(H,25,27). The van der Waals surface area contributed by atoms with Crippen molar-refractivity contribution in [3.63, 3.8) is 0 Å². The number of ether oxygens (including phenoxy) is 2. The van der Waals surface area contributed by atoms with Gasteiger partial charge in [0, 0.05) is 31.1 Å². The van der Waals surface area contributed by atoms with Crippen molar-refractivity contribution >= 4 is 11.6 Å². The maximum Gasteiger partial charge on any atom is 0.255 e. The second-order valence-corrected chi connectivity index (χ2v) is 7.18. The summed E-state index contributed by atoms with van der Waals surface area (Å²) in [4.78, 5) is 16.7. The van der Waals surface area contributed by atoms with Crippen molar-refractivity contribution in [3.8, 4) is 5.75 Å². The highest BCUT2D eigenvalue weighted by molar-refractivity contribution is 6.05. The maximum absolute atomic E-state index is 12.7. The van der Waals surface area contributed by atoms with Gasteiger partial charge in [0.05, 0.1) is 18.1 Å². The Hall–Kier alpha value is -3.12. The van der Waals surface area contributed by atoms with Gasteiger partial charge >= 0.3 is 0 Å². The van der Waals surface area contributed by atoms with Crippen LogP contribution in [0.3, 0.4) is 0 Å². The Labute approximate surface area is 170 Å². The summed E-state index contributed by atoms with van der Waals surface area (Å²) in [6.07, 6.45) is 8.86. The van der Waals surface area contributed by atoms with Gasteiger partial charge in [-0.1, -0.05) is 24.3 Å². The number of rotatable bonds is 7. The minimum absolute atomic E-state index is 0.121. The molecule has 1 saturated heterocycles. The van der Waals surface area contributed by atoms with Crippen molar-refractivity contribution in [2.45, 2.75) is 31.9 Å². The Bertz CT molecular complexity index is 917. The average molecular weight is 391 g/mol. The van der Waals surface area contributed by atoms with Crippen molar-refractivity contribution in [1.29, 1.82) is 0 Å². The molecule has 1 amide bonds. The van der Waals surface area contributed by atoms with Gasteiger partial charge in [-0.05, 0) is 49.1 Å². The van der Waals surface area contributed by atoms with Gasteiger partial charge in [0.25, 0.3) is 5.91 Å². The first-order valence-corrected chi connectivity index (χ1v) is 9.97. The number of hydrogen-bond donors (Lipinski definition) is 1. The average Bonchev–Trinajstić information content (AvgIpc) is 3.27. The molecule has 3 aromatic rings. The van der Waals surface area contributed by atoms with Gasteiger partial charge < -0.3 is 19.4 Å². The van der Waals surface area contributed by atoms with Crippen molar-refractivity contribution in [2.24, 2.45) is 0 Å². The van der Waals surface area contributed by atoms with E-state index in [1.165, 1.54) is 6.42 Å². The van der Waals surface area contributed by atoms with E-state index < -0.39 is 0 Å². The number of para-hydroxylation sites is 2. The number of nitrogens with zero attached hydrogens (tertiary/aromatic N) is 2. The monoisotopic (exact) mass is 391 g/mol. The SMILES string of the molecule is O=C(Nc1ccccc1OCC1CCCCO1)c1ccc(Cn2ccnc2)cc1. The lowest BCUT2D eigenvalue weighted by Crippen LogP contribution is -2.26. The minimum Gasteiger partial charge on any atom is -0.489 e. The topological polar surface area (TPSA) is 65.4 Å². The smallest absolute Gasteiger partial charge is 0.255 e. The fourth-order valence-electron chi connectivity index (χ4n) is 3.36. The predicted molar refractivity (Wildman–Crippen MR) is 111 cm³/mol. The van der Waals surface area contributed by atoms with E-state index in [1.54, 1.807) is 12.5 Å². The molecule has 1 aromatic heterocycles. The van der Waals surface area contributed by atoms with Crippen molar-refractivity contribution in [3.05, 3.63) is 78.4 Å². The van der Waals surface area contributed by atoms with Gasteiger partial charge in [-0.25, -0.2) is 4.98 Å². The van der Waals surface area contributed by atoms with Crippen LogP contribution in [0.1, 0.15) is 35.2 Å². The molecule has 0 spiro atoms. The van der Waals surface area contributed by atoms with Crippen LogP contribution in [-0.4, -0.2) is 34.8 Å². The molecule has 29 heavy (non-hydrogen) atoms. The third kappa shape index (κ3) is 5.23. The predicted octanol–water partition coefficient (Wildman–Crippen LogP) is 4.13. The van der Waals surface area contributed by atoms with Crippen molar-refractivity contribution in [2.75, 3.05) is 18.5 Å². The summed E-state index contributed by atoms with van der Waals surface area (Å²) in [6.45, 7) is 2.01. The highest BCUT2D eigenvalue weighted by Gasteiger charge is 2.16. The third-order valence-electron chi connectivity index (χ3n) is 4.97. The second-order valence-electron chi connectivity index (χ2n) is 7.18. The minimum atomic E-state index is -0.163. The Morgan fingerprint density at radius 1 is 1.17 bits per heavy atom. The molecule has 1 aliphatic rings. The molecular formula is C23H25N3O3. The molecule has 0 aliphatic carbocycles. The Balaban J connectivity index is 1.37. The van der Waals surface area contributed by atoms with E-state index in [0.29, 0.717) is 23.6 Å². The molecular weight excluding hydrogens is 366 g/mol. The van der Waals surface area contributed by atoms with Gasteiger partial charge in [0.1, 0.15) is 12.4 Å². The van der Waals surface area contributed by atoms with Crippen molar-refractivity contribution in [1.82, 2.24) is 9.55 Å². The molecule has 0 saturated carbocycles. The normalized spacial score (nSPS) is 16.3. The lowest BCUT2D eigenvalue weighted by molar-refractivity contribution is -0.0109. The first kappa shape index (κ1) is 19.2. The van der Waals surface area contributed by atoms with E-state index in [0.717, 1.165) is 31.6 Å². The number of carbonyl (C=O) groups excluding carboxylic acids is 1. The van der Waals surface area contributed by atoms with Crippen LogP contribution in [0.5, 0.6) is 5.75 Å². The van der Waals surface area contributed by atoms with Gasteiger partial charge in [-0.15, -0.1) is 0 Å². The largest absolute Gasteiger partial charge is 0.489 e. The zero-order valence-electron chi connectivity index (χ0n) is 16.3. The molecule has 0 bridgehead atoms. The number of anilines is 1. The Morgan fingerprint density at radius 2 is 2.03 bits per heavy atom. The molecule has 1 fully saturated rings. The van der Waals surface area contributed by atoms with Crippen LogP contribution in [0.2, 0.25) is 0 Å². The van der Waals surface area contributed by atoms with E-state index in [-0.39, 0.29) is 12.0 Å². The number of imidazole rings is 1. The highest BCUT2D eigenvalue weighted by Crippen LogP contribution is 2.25. The van der Waals surface area contributed by atoms with Gasteiger partial charge in [0.2, 0.25) is 0 Å². The fraction of sp³-hybridized carbons (Fsp3) is 0.304. The summed E-state index contributed by atoms with van der Waals surface area (Å²) in [6, 6.07) is 15.1. The molecule has 1 aliphatic heterocycles. The van der Waals surface area contributed by atoms with Crippen LogP contribution in [-0.2, 0) is 11.3 Å². The molecule has 0 radical (unpaired) electrons. The number of nitrogens with one attached hydrogen (secondary N) is 1. The summed E-state index contributed by atoms with van der Waals surface area (Å²) in [5.41, 5.74) is 2.37. The van der Waals surface area contributed by atoms with E-state index in [4.69, 9.17) is 9.47 Å². The molecule has 150 valence electrons. The Morgan fingerprint density at radius 3 is 2.79 bits per heavy atom. The zero-order valence-corrected chi connectivity index (χ0v) is 16.3. The van der Waals surface area contributed by atoms with Crippen molar-refractivity contribution < 1.29 is 14.3 Å². The molecule has 6 nitrogen and oxygen atoms in total. The molecule has 2 aromatic carbocycles. The van der Waals surface area contributed by atoms with E-state index in [9.17, 15) is 4.79 Å². The zero-order chi connectivity index (χ0) is 19.9. The first-order valence-electron chi connectivity index (χ1n) is 9.97. The van der Waals surface area contributed by atoms with Crippen LogP contribution in [0.15, 0.2) is 67.3 Å². The van der Waals surface area contributed by atoms with Crippen LogP contribution in [0.25, 0.3) is 0 Å². The molecule has 1 unspecified atom stereocenters. The van der Waals surface area contributed by atoms with Crippen LogP contribution < -0.4 is 10.1 Å². The molecule has 6 heteroatoms. The number of carbonyl (C=O) groups is 1. The molecule has 1 atom stereocenters. The summed E-state index contributed by atoms with van der Waals surface area (Å²) >= 11 is 0. The van der Waals surface area contributed by atoms with Gasteiger partial charge in [-0.3, -0.25) is 4.79 Å². The number of amides is 1. The van der Waals surface area contributed by atoms with E-state index in [2.05, 4.69) is 10.3 Å². The van der Waals surface area contributed by atoms with E-state index in [1.807, 2.05) is 59.3 Å². The van der Waals surface area contributed by atoms with Gasteiger partial charge in [-0.2, -0.15) is 0 Å². The Kier molecular flexibility index (Phi) is 6.22.